The maximum Gasteiger partial charge on any atom is 0.347 e. The van der Waals surface area contributed by atoms with E-state index in [1.165, 1.54) is 6.07 Å². The number of carbonyl (C=O) groups is 2. The van der Waals surface area contributed by atoms with Crippen LogP contribution in [0, 0.1) is 6.92 Å². The van der Waals surface area contributed by atoms with E-state index in [9.17, 15) is 14.4 Å². The van der Waals surface area contributed by atoms with E-state index in [-0.39, 0.29) is 24.5 Å². The molecule has 170 valence electrons. The maximum absolute atomic E-state index is 12.5. The van der Waals surface area contributed by atoms with Gasteiger partial charge in [0.2, 0.25) is 0 Å². The van der Waals surface area contributed by atoms with Crippen molar-refractivity contribution in [2.45, 2.75) is 66.6 Å². The molecule has 0 N–H and O–H groups in total. The minimum Gasteiger partial charge on any atom is -0.479 e. The Balaban J connectivity index is 2.58. The number of benzene rings is 1. The SMILES string of the molecule is CCCc1c(C)c2c(O[C@H](C)C(=O)OCC)cc(O[C@@H](C)C(=O)OCC)cc2oc1=O. The van der Waals surface area contributed by atoms with Crippen LogP contribution in [0.2, 0.25) is 0 Å². The van der Waals surface area contributed by atoms with Crippen molar-refractivity contribution in [1.29, 1.82) is 0 Å². The molecule has 2 atom stereocenters. The van der Waals surface area contributed by atoms with E-state index in [4.69, 9.17) is 23.4 Å². The first-order valence-electron chi connectivity index (χ1n) is 10.5. The van der Waals surface area contributed by atoms with E-state index in [0.29, 0.717) is 28.7 Å². The van der Waals surface area contributed by atoms with Crippen molar-refractivity contribution in [3.8, 4) is 11.5 Å². The molecular weight excluding hydrogens is 404 g/mol. The van der Waals surface area contributed by atoms with Gasteiger partial charge in [-0.1, -0.05) is 13.3 Å². The third-order valence-electron chi connectivity index (χ3n) is 4.67. The van der Waals surface area contributed by atoms with Crippen molar-refractivity contribution in [3.63, 3.8) is 0 Å². The third-order valence-corrected chi connectivity index (χ3v) is 4.67. The summed E-state index contributed by atoms with van der Waals surface area (Å²) in [6.45, 7) is 10.8. The van der Waals surface area contributed by atoms with Gasteiger partial charge in [0.05, 0.1) is 18.6 Å². The van der Waals surface area contributed by atoms with Gasteiger partial charge in [0.15, 0.2) is 12.2 Å². The fraction of sp³-hybridized carbons (Fsp3) is 0.522. The normalized spacial score (nSPS) is 12.8. The first-order chi connectivity index (χ1) is 14.7. The lowest BCUT2D eigenvalue weighted by Gasteiger charge is -2.19. The summed E-state index contributed by atoms with van der Waals surface area (Å²) in [5.41, 5.74) is 1.06. The van der Waals surface area contributed by atoms with Gasteiger partial charge >= 0.3 is 17.6 Å². The molecule has 8 nitrogen and oxygen atoms in total. The summed E-state index contributed by atoms with van der Waals surface area (Å²) in [6, 6.07) is 3.09. The van der Waals surface area contributed by atoms with E-state index in [2.05, 4.69) is 0 Å². The van der Waals surface area contributed by atoms with Crippen LogP contribution in [0.25, 0.3) is 11.0 Å². The molecule has 2 rings (SSSR count). The molecule has 0 aliphatic heterocycles. The second kappa shape index (κ2) is 10.8. The Labute approximate surface area is 181 Å². The minimum atomic E-state index is -0.901. The first kappa shape index (κ1) is 24.2. The molecule has 31 heavy (non-hydrogen) atoms. The van der Waals surface area contributed by atoms with Crippen molar-refractivity contribution in [2.24, 2.45) is 0 Å². The number of rotatable bonds is 10. The van der Waals surface area contributed by atoms with Crippen LogP contribution in [0.5, 0.6) is 11.5 Å². The zero-order valence-corrected chi connectivity index (χ0v) is 18.9. The Morgan fingerprint density at radius 3 is 2.10 bits per heavy atom. The van der Waals surface area contributed by atoms with Gasteiger partial charge < -0.3 is 23.4 Å². The zero-order valence-electron chi connectivity index (χ0n) is 18.9. The number of aryl methyl sites for hydroxylation is 1. The molecule has 0 bridgehead atoms. The lowest BCUT2D eigenvalue weighted by atomic mass is 10.0. The second-order valence-electron chi connectivity index (χ2n) is 7.06. The maximum atomic E-state index is 12.5. The molecule has 8 heteroatoms. The van der Waals surface area contributed by atoms with E-state index >= 15 is 0 Å². The van der Waals surface area contributed by atoms with Crippen molar-refractivity contribution in [2.75, 3.05) is 13.2 Å². The highest BCUT2D eigenvalue weighted by atomic mass is 16.6. The number of hydrogen-bond acceptors (Lipinski definition) is 8. The fourth-order valence-corrected chi connectivity index (χ4v) is 3.19. The molecule has 0 spiro atoms. The lowest BCUT2D eigenvalue weighted by molar-refractivity contribution is -0.151. The van der Waals surface area contributed by atoms with Crippen LogP contribution in [0.4, 0.5) is 0 Å². The summed E-state index contributed by atoms with van der Waals surface area (Å²) < 4.78 is 27.1. The molecule has 0 amide bonds. The Morgan fingerprint density at radius 2 is 1.55 bits per heavy atom. The molecule has 0 fully saturated rings. The Bertz CT molecular complexity index is 991. The van der Waals surface area contributed by atoms with Crippen molar-refractivity contribution >= 4 is 22.9 Å². The van der Waals surface area contributed by atoms with Crippen molar-refractivity contribution in [1.82, 2.24) is 0 Å². The number of carbonyl (C=O) groups excluding carboxylic acids is 2. The average molecular weight is 434 g/mol. The topological polar surface area (TPSA) is 101 Å². The molecular formula is C23H30O8. The quantitative estimate of drug-likeness (QED) is 0.412. The number of fused-ring (bicyclic) bond motifs is 1. The monoisotopic (exact) mass is 434 g/mol. The molecule has 0 saturated carbocycles. The van der Waals surface area contributed by atoms with Crippen LogP contribution >= 0.6 is 0 Å². The van der Waals surface area contributed by atoms with Gasteiger partial charge in [0.25, 0.3) is 0 Å². The van der Waals surface area contributed by atoms with Gasteiger partial charge in [-0.3, -0.25) is 0 Å². The van der Waals surface area contributed by atoms with Crippen molar-refractivity contribution < 1.29 is 33.0 Å². The summed E-state index contributed by atoms with van der Waals surface area (Å²) >= 11 is 0. The molecule has 1 aromatic heterocycles. The summed E-state index contributed by atoms with van der Waals surface area (Å²) in [4.78, 5) is 36.6. The Kier molecular flexibility index (Phi) is 8.47. The molecule has 1 heterocycles. The molecule has 0 aliphatic carbocycles. The average Bonchev–Trinajstić information content (AvgIpc) is 2.70. The van der Waals surface area contributed by atoms with Crippen molar-refractivity contribution in [3.05, 3.63) is 33.7 Å². The fourth-order valence-electron chi connectivity index (χ4n) is 3.19. The van der Waals surface area contributed by atoms with E-state index in [1.54, 1.807) is 33.8 Å². The van der Waals surface area contributed by atoms with Crippen LogP contribution in [0.15, 0.2) is 21.3 Å². The largest absolute Gasteiger partial charge is 0.479 e. The molecule has 1 aromatic carbocycles. The van der Waals surface area contributed by atoms with Gasteiger partial charge in [-0.05, 0) is 46.6 Å². The molecule has 0 aliphatic rings. The molecule has 2 aromatic rings. The van der Waals surface area contributed by atoms with Gasteiger partial charge in [0.1, 0.15) is 17.1 Å². The van der Waals surface area contributed by atoms with E-state index in [0.717, 1.165) is 6.42 Å². The van der Waals surface area contributed by atoms with E-state index in [1.807, 2.05) is 13.8 Å². The van der Waals surface area contributed by atoms with E-state index < -0.39 is 29.8 Å². The molecule has 0 unspecified atom stereocenters. The standard InChI is InChI=1S/C23H30O8/c1-7-10-17-13(4)20-18(30-15(6)22(25)28-9-3)11-16(12-19(20)31-23(17)26)29-14(5)21(24)27-8-2/h11-12,14-15H,7-10H2,1-6H3/t14-,15+/m0/s1. The predicted octanol–water partition coefficient (Wildman–Crippen LogP) is 3.71. The highest BCUT2D eigenvalue weighted by molar-refractivity contribution is 5.89. The predicted molar refractivity (Wildman–Crippen MR) is 115 cm³/mol. The van der Waals surface area contributed by atoms with Crippen LogP contribution < -0.4 is 15.1 Å². The number of ether oxygens (including phenoxy) is 4. The van der Waals surface area contributed by atoms with Gasteiger partial charge in [-0.15, -0.1) is 0 Å². The van der Waals surface area contributed by atoms with Gasteiger partial charge in [-0.2, -0.15) is 0 Å². The summed E-state index contributed by atoms with van der Waals surface area (Å²) in [7, 11) is 0. The Hall–Kier alpha value is -3.03. The smallest absolute Gasteiger partial charge is 0.347 e. The van der Waals surface area contributed by atoms with Gasteiger partial charge in [0, 0.05) is 17.7 Å². The summed E-state index contributed by atoms with van der Waals surface area (Å²) in [5.74, 6) is -0.515. The number of esters is 2. The lowest BCUT2D eigenvalue weighted by Crippen LogP contribution is -2.27. The van der Waals surface area contributed by atoms with Gasteiger partial charge in [-0.25, -0.2) is 14.4 Å². The highest BCUT2D eigenvalue weighted by Crippen LogP contribution is 2.35. The van der Waals surface area contributed by atoms with Crippen LogP contribution in [0.1, 0.15) is 52.2 Å². The minimum absolute atomic E-state index is 0.224. The zero-order chi connectivity index (χ0) is 23.1. The first-order valence-corrected chi connectivity index (χ1v) is 10.5. The summed E-state index contributed by atoms with van der Waals surface area (Å²) in [6.07, 6.45) is -0.471. The second-order valence-corrected chi connectivity index (χ2v) is 7.06. The van der Waals surface area contributed by atoms with Crippen LogP contribution in [0.3, 0.4) is 0 Å². The van der Waals surface area contributed by atoms with Crippen LogP contribution in [-0.2, 0) is 25.5 Å². The Morgan fingerprint density at radius 1 is 0.968 bits per heavy atom. The molecule has 0 saturated heterocycles. The third kappa shape index (κ3) is 5.77. The summed E-state index contributed by atoms with van der Waals surface area (Å²) in [5, 5.41) is 0.565. The highest BCUT2D eigenvalue weighted by Gasteiger charge is 2.23. The molecule has 0 radical (unpaired) electrons. The van der Waals surface area contributed by atoms with Crippen LogP contribution in [-0.4, -0.2) is 37.4 Å². The number of hydrogen-bond donors (Lipinski definition) is 0.